The first-order chi connectivity index (χ1) is 10.5. The number of rotatable bonds is 4. The minimum atomic E-state index is 0.111. The molecule has 2 aliphatic carbocycles. The fourth-order valence-corrected chi connectivity index (χ4v) is 4.73. The van der Waals surface area contributed by atoms with Gasteiger partial charge in [-0.25, -0.2) is 4.68 Å². The number of fused-ring (bicyclic) bond motifs is 2. The first-order valence-electron chi connectivity index (χ1n) is 8.55. The smallest absolute Gasteiger partial charge is 0.0889 e. The van der Waals surface area contributed by atoms with Crippen molar-refractivity contribution >= 4 is 0 Å². The molecular formula is C17H27N3O2. The van der Waals surface area contributed by atoms with Gasteiger partial charge in [0.25, 0.3) is 0 Å². The zero-order chi connectivity index (χ0) is 15.4. The fraction of sp³-hybridized carbons (Fsp3) is 0.882. The predicted molar refractivity (Wildman–Crippen MR) is 82.7 cm³/mol. The molecular weight excluding hydrogens is 278 g/mol. The number of ether oxygens (including phenoxy) is 2. The van der Waals surface area contributed by atoms with Gasteiger partial charge >= 0.3 is 0 Å². The van der Waals surface area contributed by atoms with Crippen LogP contribution in [-0.4, -0.2) is 40.4 Å². The van der Waals surface area contributed by atoms with Crippen molar-refractivity contribution < 1.29 is 9.47 Å². The summed E-state index contributed by atoms with van der Waals surface area (Å²) in [6.07, 6.45) is 9.33. The van der Waals surface area contributed by atoms with E-state index in [0.717, 1.165) is 38.8 Å². The van der Waals surface area contributed by atoms with Crippen molar-refractivity contribution in [1.82, 2.24) is 15.0 Å². The van der Waals surface area contributed by atoms with Gasteiger partial charge in [0.1, 0.15) is 0 Å². The van der Waals surface area contributed by atoms with E-state index in [9.17, 15) is 0 Å². The van der Waals surface area contributed by atoms with Crippen LogP contribution in [0, 0.1) is 5.41 Å². The third kappa shape index (κ3) is 2.13. The van der Waals surface area contributed by atoms with Gasteiger partial charge in [0.05, 0.1) is 23.9 Å². The highest BCUT2D eigenvalue weighted by Gasteiger charge is 2.56. The molecule has 2 saturated carbocycles. The average molecular weight is 305 g/mol. The van der Waals surface area contributed by atoms with Crippen molar-refractivity contribution in [1.29, 1.82) is 0 Å². The van der Waals surface area contributed by atoms with Crippen LogP contribution in [0.5, 0.6) is 0 Å². The van der Waals surface area contributed by atoms with Crippen LogP contribution in [0.15, 0.2) is 6.20 Å². The van der Waals surface area contributed by atoms with Crippen molar-refractivity contribution in [3.8, 4) is 0 Å². The first-order valence-corrected chi connectivity index (χ1v) is 8.55. The normalized spacial score (nSPS) is 39.7. The standard InChI is InChI=1S/C17H27N3O2/c1-15(2)8-9-22-14(15)11-20-10-13(18-19-20)16-4-6-17(12-16,21-3)7-5-16/h10,14H,4-9,11-12H2,1-3H3. The molecule has 0 aromatic carbocycles. The first kappa shape index (κ1) is 14.6. The molecule has 1 aromatic rings. The van der Waals surface area contributed by atoms with Crippen molar-refractivity contribution in [3.05, 3.63) is 11.9 Å². The van der Waals surface area contributed by atoms with Crippen LogP contribution < -0.4 is 0 Å². The van der Waals surface area contributed by atoms with Gasteiger partial charge in [-0.1, -0.05) is 19.1 Å². The third-order valence-electron chi connectivity index (χ3n) is 6.58. The Labute approximate surface area is 132 Å². The summed E-state index contributed by atoms with van der Waals surface area (Å²) in [6, 6.07) is 0. The summed E-state index contributed by atoms with van der Waals surface area (Å²) >= 11 is 0. The highest BCUT2D eigenvalue weighted by molar-refractivity contribution is 5.23. The molecule has 1 saturated heterocycles. The second kappa shape index (κ2) is 4.78. The zero-order valence-electron chi connectivity index (χ0n) is 14.0. The summed E-state index contributed by atoms with van der Waals surface area (Å²) in [7, 11) is 1.86. The van der Waals surface area contributed by atoms with Gasteiger partial charge in [0.15, 0.2) is 0 Å². The molecule has 5 nitrogen and oxygen atoms in total. The van der Waals surface area contributed by atoms with Crippen molar-refractivity contribution in [2.24, 2.45) is 5.41 Å². The van der Waals surface area contributed by atoms with Gasteiger partial charge in [-0.2, -0.15) is 0 Å². The zero-order valence-corrected chi connectivity index (χ0v) is 14.0. The molecule has 22 heavy (non-hydrogen) atoms. The van der Waals surface area contributed by atoms with E-state index in [4.69, 9.17) is 9.47 Å². The lowest BCUT2D eigenvalue weighted by Gasteiger charge is -2.25. The lowest BCUT2D eigenvalue weighted by Crippen LogP contribution is -2.29. The number of nitrogens with zero attached hydrogens (tertiary/aromatic N) is 3. The minimum absolute atomic E-state index is 0.111. The van der Waals surface area contributed by atoms with Crippen LogP contribution >= 0.6 is 0 Å². The largest absolute Gasteiger partial charge is 0.378 e. The van der Waals surface area contributed by atoms with E-state index in [0.29, 0.717) is 0 Å². The molecule has 0 amide bonds. The molecule has 0 N–H and O–H groups in total. The van der Waals surface area contributed by atoms with Gasteiger partial charge in [-0.3, -0.25) is 0 Å². The Hall–Kier alpha value is -0.940. The van der Waals surface area contributed by atoms with Gasteiger partial charge in [0.2, 0.25) is 0 Å². The third-order valence-corrected chi connectivity index (χ3v) is 6.58. The Morgan fingerprint density at radius 3 is 2.64 bits per heavy atom. The Balaban J connectivity index is 1.51. The minimum Gasteiger partial charge on any atom is -0.378 e. The molecule has 1 unspecified atom stereocenters. The molecule has 122 valence electrons. The van der Waals surface area contributed by atoms with E-state index in [1.54, 1.807) is 0 Å². The van der Waals surface area contributed by atoms with Crippen LogP contribution in [0.2, 0.25) is 0 Å². The lowest BCUT2D eigenvalue weighted by atomic mass is 9.81. The maximum atomic E-state index is 5.89. The number of hydrogen-bond donors (Lipinski definition) is 0. The van der Waals surface area contributed by atoms with Crippen LogP contribution in [0.25, 0.3) is 0 Å². The van der Waals surface area contributed by atoms with E-state index in [-0.39, 0.29) is 22.5 Å². The quantitative estimate of drug-likeness (QED) is 0.858. The van der Waals surface area contributed by atoms with Gasteiger partial charge in [-0.15, -0.1) is 5.10 Å². The van der Waals surface area contributed by atoms with E-state index < -0.39 is 0 Å². The van der Waals surface area contributed by atoms with Crippen LogP contribution in [0.3, 0.4) is 0 Å². The highest BCUT2D eigenvalue weighted by Crippen LogP contribution is 2.58. The Kier molecular flexibility index (Phi) is 3.18. The summed E-state index contributed by atoms with van der Waals surface area (Å²) < 4.78 is 13.7. The number of hydrogen-bond acceptors (Lipinski definition) is 4. The lowest BCUT2D eigenvalue weighted by molar-refractivity contribution is -0.000307. The van der Waals surface area contributed by atoms with Crippen molar-refractivity contribution in [2.75, 3.05) is 13.7 Å². The van der Waals surface area contributed by atoms with Crippen LogP contribution in [0.1, 0.15) is 58.1 Å². The van der Waals surface area contributed by atoms with E-state index in [2.05, 4.69) is 30.4 Å². The average Bonchev–Trinajstić information content (AvgIpc) is 3.24. The van der Waals surface area contributed by atoms with Crippen molar-refractivity contribution in [3.63, 3.8) is 0 Å². The van der Waals surface area contributed by atoms with Gasteiger partial charge in [-0.05, 0) is 43.9 Å². The second-order valence-corrected chi connectivity index (χ2v) is 8.27. The highest BCUT2D eigenvalue weighted by atomic mass is 16.5. The Bertz CT molecular complexity index is 558. The van der Waals surface area contributed by atoms with Crippen LogP contribution in [-0.2, 0) is 21.4 Å². The molecule has 0 spiro atoms. The second-order valence-electron chi connectivity index (χ2n) is 8.27. The molecule has 1 atom stereocenters. The SMILES string of the molecule is COC12CCC(c3cn(CC4OCCC4(C)C)nn3)(CC1)C2. The van der Waals surface area contributed by atoms with Gasteiger partial charge in [0, 0.05) is 25.3 Å². The maximum Gasteiger partial charge on any atom is 0.0889 e. The fourth-order valence-electron chi connectivity index (χ4n) is 4.73. The summed E-state index contributed by atoms with van der Waals surface area (Å²) in [5, 5.41) is 8.92. The van der Waals surface area contributed by atoms with Gasteiger partial charge < -0.3 is 9.47 Å². The predicted octanol–water partition coefficient (Wildman–Crippen LogP) is 2.69. The summed E-state index contributed by atoms with van der Waals surface area (Å²) in [5.74, 6) is 0. The van der Waals surface area contributed by atoms with E-state index in [1.807, 2.05) is 11.8 Å². The summed E-state index contributed by atoms with van der Waals surface area (Å²) in [5.41, 5.74) is 1.72. The molecule has 2 heterocycles. The molecule has 2 bridgehead atoms. The van der Waals surface area contributed by atoms with Crippen molar-refractivity contribution in [2.45, 2.75) is 76.0 Å². The molecule has 3 aliphatic rings. The number of methoxy groups -OCH3 is 1. The van der Waals surface area contributed by atoms with Crippen LogP contribution in [0.4, 0.5) is 0 Å². The summed E-state index contributed by atoms with van der Waals surface area (Å²) in [6.45, 7) is 6.23. The molecule has 0 radical (unpaired) electrons. The molecule has 1 aliphatic heterocycles. The number of aromatic nitrogens is 3. The molecule has 3 fully saturated rings. The van der Waals surface area contributed by atoms with E-state index in [1.165, 1.54) is 18.5 Å². The maximum absolute atomic E-state index is 5.89. The Morgan fingerprint density at radius 2 is 2.05 bits per heavy atom. The molecule has 1 aromatic heterocycles. The monoisotopic (exact) mass is 305 g/mol. The molecule has 5 heteroatoms. The van der Waals surface area contributed by atoms with E-state index >= 15 is 0 Å². The topological polar surface area (TPSA) is 49.2 Å². The Morgan fingerprint density at radius 1 is 1.27 bits per heavy atom. The molecule has 4 rings (SSSR count). The summed E-state index contributed by atoms with van der Waals surface area (Å²) in [4.78, 5) is 0.